The Morgan fingerprint density at radius 3 is 2.67 bits per heavy atom. The summed E-state index contributed by atoms with van der Waals surface area (Å²) >= 11 is 1.59. The van der Waals surface area contributed by atoms with Gasteiger partial charge in [-0.25, -0.2) is 4.98 Å². The van der Waals surface area contributed by atoms with Crippen molar-refractivity contribution in [1.82, 2.24) is 4.98 Å². The van der Waals surface area contributed by atoms with E-state index in [-0.39, 0.29) is 5.92 Å². The molecule has 1 atom stereocenters. The van der Waals surface area contributed by atoms with Gasteiger partial charge < -0.3 is 0 Å². The zero-order valence-corrected chi connectivity index (χ0v) is 13.7. The molecule has 1 aromatic heterocycles. The van der Waals surface area contributed by atoms with Crippen LogP contribution in [0.2, 0.25) is 0 Å². The summed E-state index contributed by atoms with van der Waals surface area (Å²) in [4.78, 5) is 17.0. The van der Waals surface area contributed by atoms with Crippen molar-refractivity contribution in [3.05, 3.63) is 40.7 Å². The highest BCUT2D eigenvalue weighted by Crippen LogP contribution is 2.23. The third-order valence-corrected chi connectivity index (χ3v) is 4.65. The standard InChI is InChI=1S/C18H23NOS/c1-3-5-9-14(4-2)17(20)12-18-19-16(13-21-18)15-10-7-6-8-11-15/h6-8,10-11,13-14H,3-5,9,12H2,1-2H3. The monoisotopic (exact) mass is 301 g/mol. The number of rotatable bonds is 8. The quantitative estimate of drug-likeness (QED) is 0.676. The first-order valence-corrected chi connectivity index (χ1v) is 8.65. The Hall–Kier alpha value is -1.48. The minimum atomic E-state index is 0.203. The SMILES string of the molecule is CCCCC(CC)C(=O)Cc1nc(-c2ccccc2)cs1. The first kappa shape index (κ1) is 15.9. The fraction of sp³-hybridized carbons (Fsp3) is 0.444. The summed E-state index contributed by atoms with van der Waals surface area (Å²) in [7, 11) is 0. The van der Waals surface area contributed by atoms with Gasteiger partial charge in [0, 0.05) is 16.9 Å². The van der Waals surface area contributed by atoms with Gasteiger partial charge in [-0.1, -0.05) is 57.0 Å². The Kier molecular flexibility index (Phi) is 6.12. The predicted molar refractivity (Wildman–Crippen MR) is 89.6 cm³/mol. The highest BCUT2D eigenvalue weighted by atomic mass is 32.1. The Balaban J connectivity index is 2.00. The molecule has 112 valence electrons. The second-order valence-corrected chi connectivity index (χ2v) is 6.33. The van der Waals surface area contributed by atoms with Crippen molar-refractivity contribution < 1.29 is 4.79 Å². The molecule has 0 radical (unpaired) electrons. The summed E-state index contributed by atoms with van der Waals surface area (Å²) in [5.74, 6) is 0.550. The maximum absolute atomic E-state index is 12.4. The van der Waals surface area contributed by atoms with E-state index in [1.54, 1.807) is 11.3 Å². The van der Waals surface area contributed by atoms with Gasteiger partial charge in [0.25, 0.3) is 0 Å². The largest absolute Gasteiger partial charge is 0.299 e. The lowest BCUT2D eigenvalue weighted by Gasteiger charge is -2.11. The molecule has 2 nitrogen and oxygen atoms in total. The van der Waals surface area contributed by atoms with Gasteiger partial charge in [0.1, 0.15) is 10.8 Å². The van der Waals surface area contributed by atoms with E-state index in [0.29, 0.717) is 12.2 Å². The van der Waals surface area contributed by atoms with Crippen LogP contribution in [-0.2, 0) is 11.2 Å². The molecule has 0 amide bonds. The topological polar surface area (TPSA) is 30.0 Å². The molecule has 0 N–H and O–H groups in total. The third kappa shape index (κ3) is 4.50. The molecule has 0 fully saturated rings. The maximum Gasteiger partial charge on any atom is 0.142 e. The van der Waals surface area contributed by atoms with Crippen LogP contribution in [0.25, 0.3) is 11.3 Å². The number of unbranched alkanes of at least 4 members (excludes halogenated alkanes) is 1. The van der Waals surface area contributed by atoms with Crippen molar-refractivity contribution in [2.75, 3.05) is 0 Å². The Morgan fingerprint density at radius 2 is 2.00 bits per heavy atom. The molecule has 21 heavy (non-hydrogen) atoms. The van der Waals surface area contributed by atoms with Crippen LogP contribution in [0.3, 0.4) is 0 Å². The third-order valence-electron chi connectivity index (χ3n) is 3.80. The van der Waals surface area contributed by atoms with E-state index in [4.69, 9.17) is 0 Å². The van der Waals surface area contributed by atoms with Crippen LogP contribution in [0, 0.1) is 5.92 Å². The summed E-state index contributed by atoms with van der Waals surface area (Å²) in [6, 6.07) is 10.1. The van der Waals surface area contributed by atoms with Gasteiger partial charge in [-0.05, 0) is 12.8 Å². The molecular formula is C18H23NOS. The summed E-state index contributed by atoms with van der Waals surface area (Å²) in [6.07, 6.45) is 4.73. The fourth-order valence-corrected chi connectivity index (χ4v) is 3.28. The molecule has 2 rings (SSSR count). The van der Waals surface area contributed by atoms with Crippen molar-refractivity contribution in [1.29, 1.82) is 0 Å². The lowest BCUT2D eigenvalue weighted by Crippen LogP contribution is -2.16. The number of carbonyl (C=O) groups is 1. The summed E-state index contributed by atoms with van der Waals surface area (Å²) in [5, 5.41) is 2.99. The molecule has 2 aromatic rings. The number of thiazole rings is 1. The normalized spacial score (nSPS) is 12.3. The van der Waals surface area contributed by atoms with Crippen LogP contribution in [-0.4, -0.2) is 10.8 Å². The molecule has 0 saturated carbocycles. The van der Waals surface area contributed by atoms with Gasteiger partial charge in [0.2, 0.25) is 0 Å². The van der Waals surface area contributed by atoms with E-state index >= 15 is 0 Å². The first-order valence-electron chi connectivity index (χ1n) is 7.77. The second-order valence-electron chi connectivity index (χ2n) is 5.38. The second kappa shape index (κ2) is 8.08. The minimum Gasteiger partial charge on any atom is -0.299 e. The first-order chi connectivity index (χ1) is 10.2. The number of ketones is 1. The van der Waals surface area contributed by atoms with Crippen LogP contribution in [0.5, 0.6) is 0 Å². The average Bonchev–Trinajstić information content (AvgIpc) is 2.97. The van der Waals surface area contributed by atoms with Gasteiger partial charge in [0.05, 0.1) is 12.1 Å². The number of carbonyl (C=O) groups excluding carboxylic acids is 1. The number of aromatic nitrogens is 1. The molecule has 0 bridgehead atoms. The molecule has 0 saturated heterocycles. The maximum atomic E-state index is 12.4. The van der Waals surface area contributed by atoms with Crippen LogP contribution in [0.1, 0.15) is 44.5 Å². The zero-order chi connectivity index (χ0) is 15.1. The van der Waals surface area contributed by atoms with E-state index in [1.807, 2.05) is 23.6 Å². The zero-order valence-electron chi connectivity index (χ0n) is 12.8. The molecule has 3 heteroatoms. The van der Waals surface area contributed by atoms with Gasteiger partial charge >= 0.3 is 0 Å². The summed E-state index contributed by atoms with van der Waals surface area (Å²) < 4.78 is 0. The molecule has 1 unspecified atom stereocenters. The van der Waals surface area contributed by atoms with Crippen molar-refractivity contribution in [3.63, 3.8) is 0 Å². The highest BCUT2D eigenvalue weighted by molar-refractivity contribution is 7.10. The Labute approximate surface area is 131 Å². The number of benzene rings is 1. The van der Waals surface area contributed by atoms with Gasteiger partial charge in [-0.15, -0.1) is 11.3 Å². The summed E-state index contributed by atoms with van der Waals surface area (Å²) in [5.41, 5.74) is 2.09. The number of hydrogen-bond donors (Lipinski definition) is 0. The van der Waals surface area contributed by atoms with E-state index in [0.717, 1.165) is 41.9 Å². The molecule has 1 heterocycles. The summed E-state index contributed by atoms with van der Waals surface area (Å²) in [6.45, 7) is 4.28. The van der Waals surface area contributed by atoms with Crippen molar-refractivity contribution in [2.45, 2.75) is 46.0 Å². The molecular weight excluding hydrogens is 278 g/mol. The molecule has 0 aliphatic heterocycles. The van der Waals surface area contributed by atoms with Crippen LogP contribution >= 0.6 is 11.3 Å². The van der Waals surface area contributed by atoms with Crippen molar-refractivity contribution >= 4 is 17.1 Å². The van der Waals surface area contributed by atoms with Crippen LogP contribution in [0.15, 0.2) is 35.7 Å². The van der Waals surface area contributed by atoms with Crippen LogP contribution < -0.4 is 0 Å². The average molecular weight is 301 g/mol. The Morgan fingerprint density at radius 1 is 1.24 bits per heavy atom. The van der Waals surface area contributed by atoms with Gasteiger partial charge in [0.15, 0.2) is 0 Å². The predicted octanol–water partition coefficient (Wildman–Crippen LogP) is 5.14. The van der Waals surface area contributed by atoms with Gasteiger partial charge in [-0.2, -0.15) is 0 Å². The molecule has 0 aliphatic rings. The van der Waals surface area contributed by atoms with Crippen molar-refractivity contribution in [3.8, 4) is 11.3 Å². The van der Waals surface area contributed by atoms with E-state index < -0.39 is 0 Å². The lowest BCUT2D eigenvalue weighted by atomic mass is 9.93. The highest BCUT2D eigenvalue weighted by Gasteiger charge is 2.17. The van der Waals surface area contributed by atoms with E-state index in [2.05, 4.69) is 31.0 Å². The lowest BCUT2D eigenvalue weighted by molar-refractivity contribution is -0.122. The fourth-order valence-electron chi connectivity index (χ4n) is 2.47. The van der Waals surface area contributed by atoms with E-state index in [1.165, 1.54) is 0 Å². The Bertz CT molecular complexity index is 562. The van der Waals surface area contributed by atoms with Gasteiger partial charge in [-0.3, -0.25) is 4.79 Å². The van der Waals surface area contributed by atoms with E-state index in [9.17, 15) is 4.79 Å². The van der Waals surface area contributed by atoms with Crippen molar-refractivity contribution in [2.24, 2.45) is 5.92 Å². The number of Topliss-reactive ketones (excluding diaryl/α,β-unsaturated/α-hetero) is 1. The smallest absolute Gasteiger partial charge is 0.142 e. The number of hydrogen-bond acceptors (Lipinski definition) is 3. The molecule has 1 aromatic carbocycles. The molecule has 0 aliphatic carbocycles. The minimum absolute atomic E-state index is 0.203. The number of nitrogens with zero attached hydrogens (tertiary/aromatic N) is 1. The van der Waals surface area contributed by atoms with Crippen LogP contribution in [0.4, 0.5) is 0 Å². The molecule has 0 spiro atoms.